The molecule has 0 radical (unpaired) electrons. The maximum absolute atomic E-state index is 11.7. The van der Waals surface area contributed by atoms with Crippen molar-refractivity contribution in [3.8, 4) is 22.8 Å². The molecule has 0 bridgehead atoms. The van der Waals surface area contributed by atoms with Gasteiger partial charge in [-0.1, -0.05) is 17.3 Å². The molecular weight excluding hydrogens is 258 g/mol. The minimum absolute atomic E-state index is 0.227. The van der Waals surface area contributed by atoms with E-state index in [0.717, 1.165) is 11.3 Å². The Labute approximate surface area is 112 Å². The van der Waals surface area contributed by atoms with Gasteiger partial charge in [0.1, 0.15) is 17.2 Å². The Morgan fingerprint density at radius 2 is 2.05 bits per heavy atom. The first-order valence-corrected chi connectivity index (χ1v) is 6.07. The zero-order valence-corrected chi connectivity index (χ0v) is 10.5. The van der Waals surface area contributed by atoms with Gasteiger partial charge >= 0.3 is 0 Å². The summed E-state index contributed by atoms with van der Waals surface area (Å²) < 4.78 is 10.9. The predicted molar refractivity (Wildman–Crippen MR) is 71.5 cm³/mol. The maximum atomic E-state index is 11.7. The molecule has 1 aliphatic carbocycles. The largest absolute Gasteiger partial charge is 0.454 e. The van der Waals surface area contributed by atoms with Crippen LogP contribution < -0.4 is 5.56 Å². The lowest BCUT2D eigenvalue weighted by Crippen LogP contribution is -2.09. The number of aromatic nitrogens is 3. The predicted octanol–water partition coefficient (Wildman–Crippen LogP) is 2.58. The van der Waals surface area contributed by atoms with Crippen LogP contribution in [0.25, 0.3) is 33.7 Å². The first-order valence-electron chi connectivity index (χ1n) is 6.07. The third-order valence-electron chi connectivity index (χ3n) is 3.26. The first kappa shape index (κ1) is 11.0. The van der Waals surface area contributed by atoms with Gasteiger partial charge in [0, 0.05) is 5.56 Å². The van der Waals surface area contributed by atoms with E-state index in [-0.39, 0.29) is 11.1 Å². The lowest BCUT2D eigenvalue weighted by atomic mass is 10.1. The molecule has 0 amide bonds. The minimum atomic E-state index is -0.380. The molecule has 0 saturated heterocycles. The fourth-order valence-corrected chi connectivity index (χ4v) is 2.29. The number of nitrogens with zero attached hydrogens (tertiary/aromatic N) is 2. The summed E-state index contributed by atoms with van der Waals surface area (Å²) in [5.74, 6) is 1.85. The normalized spacial score (nSPS) is 11.4. The molecule has 2 aromatic heterocycles. The number of hydrogen-bond acceptors (Lipinski definition) is 5. The summed E-state index contributed by atoms with van der Waals surface area (Å²) in [7, 11) is 0. The van der Waals surface area contributed by atoms with E-state index in [2.05, 4.69) is 15.4 Å². The molecule has 0 spiro atoms. The summed E-state index contributed by atoms with van der Waals surface area (Å²) in [6, 6.07) is 9.51. The van der Waals surface area contributed by atoms with Gasteiger partial charge in [-0.05, 0) is 25.1 Å². The van der Waals surface area contributed by atoms with Crippen molar-refractivity contribution in [2.45, 2.75) is 6.92 Å². The second-order valence-electron chi connectivity index (χ2n) is 4.51. The van der Waals surface area contributed by atoms with Crippen LogP contribution in [0.5, 0.6) is 0 Å². The average Bonchev–Trinajstić information content (AvgIpc) is 3.06. The van der Waals surface area contributed by atoms with Gasteiger partial charge in [0.25, 0.3) is 5.56 Å². The second kappa shape index (κ2) is 3.80. The summed E-state index contributed by atoms with van der Waals surface area (Å²) in [6.07, 6.45) is 0. The van der Waals surface area contributed by atoms with Crippen molar-refractivity contribution >= 4 is 10.9 Å². The molecule has 1 aliphatic heterocycles. The summed E-state index contributed by atoms with van der Waals surface area (Å²) >= 11 is 0. The van der Waals surface area contributed by atoms with Crippen molar-refractivity contribution in [2.75, 3.05) is 0 Å². The van der Waals surface area contributed by atoms with E-state index in [9.17, 15) is 4.79 Å². The number of rotatable bonds is 1. The van der Waals surface area contributed by atoms with Gasteiger partial charge in [-0.15, -0.1) is 0 Å². The van der Waals surface area contributed by atoms with E-state index in [1.807, 2.05) is 30.3 Å². The summed E-state index contributed by atoms with van der Waals surface area (Å²) in [5, 5.41) is 10.8. The van der Waals surface area contributed by atoms with E-state index in [4.69, 9.17) is 8.94 Å². The SMILES string of the molecule is Cc1onc2c(=O)[nH]nc(-c3ccc4cccc-4o3)c12. The Balaban J connectivity index is 2.07. The van der Waals surface area contributed by atoms with Crippen LogP contribution in [0.4, 0.5) is 0 Å². The van der Waals surface area contributed by atoms with E-state index >= 15 is 0 Å². The van der Waals surface area contributed by atoms with Crippen LogP contribution in [0.15, 0.2) is 44.1 Å². The van der Waals surface area contributed by atoms with Gasteiger partial charge in [-0.2, -0.15) is 5.10 Å². The van der Waals surface area contributed by atoms with Crippen LogP contribution in [0, 0.1) is 6.92 Å². The molecule has 4 rings (SSSR count). The lowest BCUT2D eigenvalue weighted by molar-refractivity contribution is 0.405. The van der Waals surface area contributed by atoms with Crippen molar-refractivity contribution in [3.63, 3.8) is 0 Å². The highest BCUT2D eigenvalue weighted by Crippen LogP contribution is 2.31. The van der Waals surface area contributed by atoms with E-state index in [0.29, 0.717) is 22.6 Å². The molecular formula is C14H9N3O3. The number of aromatic amines is 1. The Bertz CT molecular complexity index is 948. The standard InChI is InChI=1S/C14H9N3O3/c1-7-11-12(15-16-14(18)13(11)17-20-7)10-6-5-8-3-2-4-9(8)19-10/h2-6H,1H3,(H,16,18). The Kier molecular flexibility index (Phi) is 2.09. The van der Waals surface area contributed by atoms with Crippen molar-refractivity contribution in [3.05, 3.63) is 46.4 Å². The van der Waals surface area contributed by atoms with Crippen molar-refractivity contribution in [1.29, 1.82) is 0 Å². The summed E-state index contributed by atoms with van der Waals surface area (Å²) in [6.45, 7) is 1.74. The number of aryl methyl sites for hydroxylation is 1. The highest BCUT2D eigenvalue weighted by atomic mass is 16.5. The third kappa shape index (κ3) is 1.41. The van der Waals surface area contributed by atoms with Gasteiger partial charge in [0.15, 0.2) is 11.3 Å². The zero-order valence-electron chi connectivity index (χ0n) is 10.5. The highest BCUT2D eigenvalue weighted by Gasteiger charge is 2.18. The molecule has 0 atom stereocenters. The van der Waals surface area contributed by atoms with Gasteiger partial charge in [-0.3, -0.25) is 4.79 Å². The first-order chi connectivity index (χ1) is 9.74. The summed E-state index contributed by atoms with van der Waals surface area (Å²) in [5.41, 5.74) is 1.37. The Morgan fingerprint density at radius 1 is 1.15 bits per heavy atom. The second-order valence-corrected chi connectivity index (χ2v) is 4.51. The smallest absolute Gasteiger partial charge is 0.294 e. The molecule has 2 aromatic rings. The topological polar surface area (TPSA) is 84.9 Å². The van der Waals surface area contributed by atoms with E-state index in [1.54, 1.807) is 6.92 Å². The fraction of sp³-hybridized carbons (Fsp3) is 0.0714. The minimum Gasteiger partial charge on any atom is -0.454 e. The van der Waals surface area contributed by atoms with Crippen LogP contribution in [-0.2, 0) is 0 Å². The average molecular weight is 267 g/mol. The zero-order chi connectivity index (χ0) is 13.7. The van der Waals surface area contributed by atoms with Crippen LogP contribution in [-0.4, -0.2) is 15.4 Å². The number of nitrogens with one attached hydrogen (secondary N) is 1. The molecule has 0 unspecified atom stereocenters. The third-order valence-corrected chi connectivity index (χ3v) is 3.26. The molecule has 20 heavy (non-hydrogen) atoms. The number of hydrogen-bond donors (Lipinski definition) is 1. The monoisotopic (exact) mass is 267 g/mol. The van der Waals surface area contributed by atoms with Crippen LogP contribution >= 0.6 is 0 Å². The number of fused-ring (bicyclic) bond motifs is 2. The van der Waals surface area contributed by atoms with E-state index < -0.39 is 0 Å². The highest BCUT2D eigenvalue weighted by molar-refractivity contribution is 5.91. The van der Waals surface area contributed by atoms with Crippen molar-refractivity contribution in [2.24, 2.45) is 0 Å². The molecule has 6 nitrogen and oxygen atoms in total. The molecule has 2 aliphatic rings. The van der Waals surface area contributed by atoms with Crippen LogP contribution in [0.2, 0.25) is 0 Å². The van der Waals surface area contributed by atoms with Gasteiger partial charge < -0.3 is 8.94 Å². The molecule has 6 heteroatoms. The lowest BCUT2D eigenvalue weighted by Gasteiger charge is -2.04. The molecule has 0 fully saturated rings. The Morgan fingerprint density at radius 3 is 2.95 bits per heavy atom. The van der Waals surface area contributed by atoms with E-state index in [1.165, 1.54) is 0 Å². The van der Waals surface area contributed by atoms with Crippen molar-refractivity contribution in [1.82, 2.24) is 15.4 Å². The van der Waals surface area contributed by atoms with Gasteiger partial charge in [-0.25, -0.2) is 5.10 Å². The fourth-order valence-electron chi connectivity index (χ4n) is 2.29. The van der Waals surface area contributed by atoms with Crippen LogP contribution in [0.1, 0.15) is 5.76 Å². The van der Waals surface area contributed by atoms with Crippen LogP contribution in [0.3, 0.4) is 0 Å². The number of H-pyrrole nitrogens is 1. The Hall–Kier alpha value is -2.89. The maximum Gasteiger partial charge on any atom is 0.294 e. The van der Waals surface area contributed by atoms with Gasteiger partial charge in [0.05, 0.1) is 5.39 Å². The van der Waals surface area contributed by atoms with Gasteiger partial charge in [0.2, 0.25) is 0 Å². The summed E-state index contributed by atoms with van der Waals surface area (Å²) in [4.78, 5) is 11.7. The molecule has 98 valence electrons. The molecule has 0 saturated carbocycles. The molecule has 3 heterocycles. The molecule has 0 aromatic carbocycles. The quantitative estimate of drug-likeness (QED) is 0.573. The molecule has 1 N–H and O–H groups in total. The van der Waals surface area contributed by atoms with Crippen molar-refractivity contribution < 1.29 is 8.94 Å².